The molecule has 0 amide bonds. The maximum atomic E-state index is 6.00. The van der Waals surface area contributed by atoms with Crippen molar-refractivity contribution in [3.05, 3.63) is 45.9 Å². The van der Waals surface area contributed by atoms with Crippen LogP contribution in [0.3, 0.4) is 0 Å². The van der Waals surface area contributed by atoms with Crippen molar-refractivity contribution in [1.82, 2.24) is 0 Å². The van der Waals surface area contributed by atoms with E-state index in [1.54, 1.807) is 7.11 Å². The summed E-state index contributed by atoms with van der Waals surface area (Å²) in [7, 11) is 1.65. The van der Waals surface area contributed by atoms with E-state index in [9.17, 15) is 0 Å². The maximum absolute atomic E-state index is 6.00. The Kier molecular flexibility index (Phi) is 5.01. The summed E-state index contributed by atoms with van der Waals surface area (Å²) in [6.07, 6.45) is 1.06. The molecule has 3 rings (SSSR count). The van der Waals surface area contributed by atoms with Crippen LogP contribution in [0.2, 0.25) is 0 Å². The van der Waals surface area contributed by atoms with E-state index < -0.39 is 0 Å². The molecule has 1 aliphatic rings. The average molecular weight is 371 g/mol. The molecule has 0 saturated heterocycles. The van der Waals surface area contributed by atoms with Crippen molar-refractivity contribution < 1.29 is 9.47 Å². The second-order valence-corrected chi connectivity index (χ2v) is 5.64. The molecule has 0 unspecified atom stereocenters. The predicted molar refractivity (Wildman–Crippen MR) is 91.4 cm³/mol. The maximum Gasteiger partial charge on any atom is 0.136 e. The Bertz CT molecular complexity index is 661. The molecule has 0 saturated carbocycles. The third-order valence-corrected chi connectivity index (χ3v) is 4.24. The Balaban J connectivity index is 0.00000161. The van der Waals surface area contributed by atoms with E-state index in [2.05, 4.69) is 34.2 Å². The molecule has 0 radical (unpaired) electrons. The van der Waals surface area contributed by atoms with Crippen LogP contribution in [0.25, 0.3) is 0 Å². The van der Waals surface area contributed by atoms with Crippen LogP contribution in [-0.4, -0.2) is 13.7 Å². The van der Waals surface area contributed by atoms with Crippen molar-refractivity contribution in [3.8, 4) is 17.2 Å². The van der Waals surface area contributed by atoms with Gasteiger partial charge < -0.3 is 14.8 Å². The van der Waals surface area contributed by atoms with Gasteiger partial charge in [0.2, 0.25) is 0 Å². The van der Waals surface area contributed by atoms with Gasteiger partial charge in [-0.15, -0.1) is 12.4 Å². The van der Waals surface area contributed by atoms with Gasteiger partial charge in [-0.05, 0) is 64.7 Å². The number of fused-ring (bicyclic) bond motifs is 1. The highest BCUT2D eigenvalue weighted by atomic mass is 79.9. The molecule has 112 valence electrons. The molecule has 0 fully saturated rings. The number of nitrogens with one attached hydrogen (secondary N) is 1. The van der Waals surface area contributed by atoms with Crippen molar-refractivity contribution in [2.24, 2.45) is 0 Å². The van der Waals surface area contributed by atoms with Gasteiger partial charge in [0.05, 0.1) is 11.6 Å². The number of ether oxygens (including phenoxy) is 2. The van der Waals surface area contributed by atoms with Crippen LogP contribution in [0.15, 0.2) is 34.8 Å². The van der Waals surface area contributed by atoms with E-state index in [1.165, 1.54) is 16.8 Å². The lowest BCUT2D eigenvalue weighted by molar-refractivity contribution is 0.406. The molecular weight excluding hydrogens is 354 g/mol. The monoisotopic (exact) mass is 369 g/mol. The molecule has 2 aromatic rings. The van der Waals surface area contributed by atoms with E-state index in [1.807, 2.05) is 24.3 Å². The minimum atomic E-state index is 0. The fraction of sp³-hybridized carbons (Fsp3) is 0.250. The molecular formula is C16H17BrClNO2. The number of halogens is 2. The SMILES string of the molecule is COc1cc(Oc2ccc3c(c2C)CCN3)ccc1Br.Cl. The standard InChI is InChI=1S/C16H16BrNO2.ClH/c1-10-12-7-8-18-14(12)5-6-15(10)20-11-3-4-13(17)16(9-11)19-2;/h3-6,9,18H,7-8H2,1-2H3;1H. The summed E-state index contributed by atoms with van der Waals surface area (Å²) in [6.45, 7) is 3.11. The number of hydrogen-bond acceptors (Lipinski definition) is 3. The largest absolute Gasteiger partial charge is 0.495 e. The lowest BCUT2D eigenvalue weighted by Crippen LogP contribution is -1.93. The van der Waals surface area contributed by atoms with Crippen molar-refractivity contribution in [1.29, 1.82) is 0 Å². The molecule has 5 heteroatoms. The summed E-state index contributed by atoms with van der Waals surface area (Å²) in [5.41, 5.74) is 3.78. The second kappa shape index (κ2) is 6.58. The van der Waals surface area contributed by atoms with Crippen molar-refractivity contribution in [2.75, 3.05) is 19.0 Å². The highest BCUT2D eigenvalue weighted by Gasteiger charge is 2.16. The van der Waals surface area contributed by atoms with Gasteiger partial charge in [0.25, 0.3) is 0 Å². The van der Waals surface area contributed by atoms with E-state index in [0.29, 0.717) is 0 Å². The fourth-order valence-corrected chi connectivity index (χ4v) is 2.89. The van der Waals surface area contributed by atoms with Crippen LogP contribution >= 0.6 is 28.3 Å². The molecule has 0 atom stereocenters. The molecule has 0 aromatic heterocycles. The zero-order valence-corrected chi connectivity index (χ0v) is 14.3. The molecule has 3 nitrogen and oxygen atoms in total. The molecule has 1 N–H and O–H groups in total. The molecule has 0 aliphatic carbocycles. The van der Waals surface area contributed by atoms with Crippen LogP contribution in [0, 0.1) is 6.92 Å². The van der Waals surface area contributed by atoms with Crippen LogP contribution in [0.5, 0.6) is 17.2 Å². The predicted octanol–water partition coefficient (Wildman–Crippen LogP) is 4.95. The van der Waals surface area contributed by atoms with Crippen LogP contribution in [0.4, 0.5) is 5.69 Å². The third kappa shape index (κ3) is 3.11. The highest BCUT2D eigenvalue weighted by molar-refractivity contribution is 9.10. The van der Waals surface area contributed by atoms with E-state index in [-0.39, 0.29) is 12.4 Å². The second-order valence-electron chi connectivity index (χ2n) is 4.79. The first-order chi connectivity index (χ1) is 9.69. The summed E-state index contributed by atoms with van der Waals surface area (Å²) >= 11 is 3.44. The van der Waals surface area contributed by atoms with Crippen molar-refractivity contribution in [2.45, 2.75) is 13.3 Å². The van der Waals surface area contributed by atoms with Gasteiger partial charge in [0, 0.05) is 18.3 Å². The van der Waals surface area contributed by atoms with E-state index in [4.69, 9.17) is 9.47 Å². The third-order valence-electron chi connectivity index (χ3n) is 3.59. The smallest absolute Gasteiger partial charge is 0.136 e. The van der Waals surface area contributed by atoms with E-state index >= 15 is 0 Å². The van der Waals surface area contributed by atoms with Crippen LogP contribution in [0.1, 0.15) is 11.1 Å². The Morgan fingerprint density at radius 2 is 1.95 bits per heavy atom. The van der Waals surface area contributed by atoms with Gasteiger partial charge in [-0.1, -0.05) is 0 Å². The zero-order valence-electron chi connectivity index (χ0n) is 11.9. The molecule has 1 aliphatic heterocycles. The molecule has 21 heavy (non-hydrogen) atoms. The molecule has 0 spiro atoms. The number of benzene rings is 2. The lowest BCUT2D eigenvalue weighted by Gasteiger charge is -2.13. The molecule has 2 aromatic carbocycles. The first kappa shape index (κ1) is 16.0. The zero-order chi connectivity index (χ0) is 14.1. The first-order valence-corrected chi connectivity index (χ1v) is 7.36. The van der Waals surface area contributed by atoms with Crippen LogP contribution < -0.4 is 14.8 Å². The quantitative estimate of drug-likeness (QED) is 0.829. The summed E-state index contributed by atoms with van der Waals surface area (Å²) in [5.74, 6) is 2.44. The Labute approximate surface area is 139 Å². The van der Waals surface area contributed by atoms with Gasteiger partial charge in [0.1, 0.15) is 17.2 Å². The Hall–Kier alpha value is -1.39. The van der Waals surface area contributed by atoms with Gasteiger partial charge in [-0.3, -0.25) is 0 Å². The summed E-state index contributed by atoms with van der Waals surface area (Å²) in [5, 5.41) is 3.38. The highest BCUT2D eigenvalue weighted by Crippen LogP contribution is 2.36. The average Bonchev–Trinajstić information content (AvgIpc) is 2.93. The summed E-state index contributed by atoms with van der Waals surface area (Å²) in [4.78, 5) is 0. The lowest BCUT2D eigenvalue weighted by atomic mass is 10.1. The number of methoxy groups -OCH3 is 1. The molecule has 1 heterocycles. The van der Waals surface area contributed by atoms with Gasteiger partial charge in [-0.25, -0.2) is 0 Å². The minimum absolute atomic E-state index is 0. The summed E-state index contributed by atoms with van der Waals surface area (Å²) < 4.78 is 12.2. The number of rotatable bonds is 3. The first-order valence-electron chi connectivity index (χ1n) is 6.57. The van der Waals surface area contributed by atoms with Gasteiger partial charge in [-0.2, -0.15) is 0 Å². The van der Waals surface area contributed by atoms with Crippen LogP contribution in [-0.2, 0) is 6.42 Å². The van der Waals surface area contributed by atoms with Gasteiger partial charge in [0.15, 0.2) is 0 Å². The number of anilines is 1. The summed E-state index contributed by atoms with van der Waals surface area (Å²) in [6, 6.07) is 9.84. The Morgan fingerprint density at radius 1 is 1.14 bits per heavy atom. The topological polar surface area (TPSA) is 30.5 Å². The van der Waals surface area contributed by atoms with Gasteiger partial charge >= 0.3 is 0 Å². The van der Waals surface area contributed by atoms with Crippen molar-refractivity contribution in [3.63, 3.8) is 0 Å². The fourth-order valence-electron chi connectivity index (χ4n) is 2.49. The molecule has 0 bridgehead atoms. The van der Waals surface area contributed by atoms with Crippen molar-refractivity contribution >= 4 is 34.0 Å². The minimum Gasteiger partial charge on any atom is -0.495 e. The van der Waals surface area contributed by atoms with E-state index in [0.717, 1.165) is 34.7 Å². The number of hydrogen-bond donors (Lipinski definition) is 1. The normalized spacial score (nSPS) is 12.1. The Morgan fingerprint density at radius 3 is 2.71 bits per heavy atom.